The van der Waals surface area contributed by atoms with Gasteiger partial charge in [0, 0.05) is 68.2 Å². The molecule has 0 spiro atoms. The lowest BCUT2D eigenvalue weighted by atomic mass is 9.96. The summed E-state index contributed by atoms with van der Waals surface area (Å²) < 4.78 is 13.5. The Kier molecular flexibility index (Phi) is 8.34. The molecular weight excluding hydrogens is 520 g/mol. The van der Waals surface area contributed by atoms with Crippen molar-refractivity contribution < 1.29 is 9.47 Å². The fourth-order valence-corrected chi connectivity index (χ4v) is 6.69. The lowest BCUT2D eigenvalue weighted by molar-refractivity contribution is 0.0369. The van der Waals surface area contributed by atoms with Crippen molar-refractivity contribution in [2.45, 2.75) is 38.9 Å². The maximum atomic E-state index is 6.00. The van der Waals surface area contributed by atoms with Crippen molar-refractivity contribution >= 4 is 28.7 Å². The van der Waals surface area contributed by atoms with E-state index in [1.54, 1.807) is 0 Å². The molecule has 1 aromatic carbocycles. The Morgan fingerprint density at radius 2 is 1.60 bits per heavy atom. The summed E-state index contributed by atoms with van der Waals surface area (Å²) in [5.74, 6) is 0. The van der Waals surface area contributed by atoms with Gasteiger partial charge in [-0.1, -0.05) is 6.07 Å². The summed E-state index contributed by atoms with van der Waals surface area (Å²) in [5.41, 5.74) is 7.20. The third-order valence-corrected chi connectivity index (χ3v) is 8.81. The molecule has 5 heterocycles. The Morgan fingerprint density at radius 1 is 0.900 bits per heavy atom. The second kappa shape index (κ2) is 12.3. The average molecular weight is 561 g/mol. The van der Waals surface area contributed by atoms with E-state index in [9.17, 15) is 0 Å². The van der Waals surface area contributed by atoms with Crippen molar-refractivity contribution in [1.82, 2.24) is 19.8 Å². The molecule has 3 aliphatic heterocycles. The van der Waals surface area contributed by atoms with Crippen LogP contribution in [0.1, 0.15) is 41.1 Å². The maximum absolute atomic E-state index is 6.00. The van der Waals surface area contributed by atoms with E-state index in [2.05, 4.69) is 80.9 Å². The van der Waals surface area contributed by atoms with Crippen molar-refractivity contribution in [2.75, 3.05) is 69.0 Å². The number of aromatic nitrogens is 2. The Labute approximate surface area is 242 Å². The highest BCUT2D eigenvalue weighted by Gasteiger charge is 2.42. The molecule has 8 nitrogen and oxygen atoms in total. The van der Waals surface area contributed by atoms with Gasteiger partial charge in [-0.25, -0.2) is 0 Å². The van der Waals surface area contributed by atoms with Crippen molar-refractivity contribution in [3.63, 3.8) is 0 Å². The topological polar surface area (TPSA) is 58.0 Å². The first-order chi connectivity index (χ1) is 19.6. The highest BCUT2D eigenvalue weighted by atomic mass is 32.1. The van der Waals surface area contributed by atoms with Crippen LogP contribution in [0.2, 0.25) is 0 Å². The van der Waals surface area contributed by atoms with E-state index >= 15 is 0 Å². The predicted octanol–water partition coefficient (Wildman–Crippen LogP) is 4.24. The number of ether oxygens (including phenoxy) is 2. The van der Waals surface area contributed by atoms with Crippen LogP contribution in [0, 0.1) is 13.8 Å². The molecule has 0 unspecified atom stereocenters. The van der Waals surface area contributed by atoms with Gasteiger partial charge in [0.1, 0.15) is 0 Å². The van der Waals surface area contributed by atoms with Gasteiger partial charge in [0.2, 0.25) is 0 Å². The summed E-state index contributed by atoms with van der Waals surface area (Å²) in [6.07, 6.45) is 2.99. The number of anilines is 2. The van der Waals surface area contributed by atoms with Gasteiger partial charge in [-0.15, -0.1) is 0 Å². The molecule has 3 aromatic rings. The van der Waals surface area contributed by atoms with E-state index in [-0.39, 0.29) is 12.1 Å². The van der Waals surface area contributed by atoms with Crippen LogP contribution >= 0.6 is 12.2 Å². The van der Waals surface area contributed by atoms with Crippen molar-refractivity contribution in [1.29, 1.82) is 0 Å². The number of morpholine rings is 2. The monoisotopic (exact) mass is 560 g/mol. The summed E-state index contributed by atoms with van der Waals surface area (Å²) in [6.45, 7) is 13.7. The van der Waals surface area contributed by atoms with Crippen LogP contribution in [0.25, 0.3) is 0 Å². The van der Waals surface area contributed by atoms with Gasteiger partial charge in [0.05, 0.1) is 44.2 Å². The first-order valence-electron chi connectivity index (χ1n) is 14.5. The number of nitrogens with one attached hydrogen (secondary N) is 1. The quantitative estimate of drug-likeness (QED) is 0.411. The highest BCUT2D eigenvalue weighted by molar-refractivity contribution is 7.80. The zero-order valence-corrected chi connectivity index (χ0v) is 24.4. The van der Waals surface area contributed by atoms with E-state index in [0.29, 0.717) is 0 Å². The first kappa shape index (κ1) is 27.2. The van der Waals surface area contributed by atoms with Crippen molar-refractivity contribution in [3.8, 4) is 0 Å². The minimum Gasteiger partial charge on any atom is -0.379 e. The molecule has 0 aliphatic carbocycles. The van der Waals surface area contributed by atoms with Gasteiger partial charge in [-0.2, -0.15) is 0 Å². The normalized spacial score (nSPS) is 22.1. The van der Waals surface area contributed by atoms with Crippen LogP contribution in [0.5, 0.6) is 0 Å². The standard InChI is InChI=1S/C31H40N6O2S/c1-23-22-27(24(2)36(23)13-5-12-34-14-18-38-19-15-34)30-29(28-6-3-4-11-32-28)33-31(40)37(30)26-9-7-25(8-10-26)35-16-20-39-21-17-35/h3-4,6-11,22,29-30H,5,12-21H2,1-2H3,(H,33,40)/t29-,30-/m0/s1. The lowest BCUT2D eigenvalue weighted by Crippen LogP contribution is -2.37. The SMILES string of the molecule is Cc1cc([C@H]2[C@H](c3ccccn3)NC(=S)N2c2ccc(N3CCOCC3)cc2)c(C)n1CCCN1CCOCC1. The summed E-state index contributed by atoms with van der Waals surface area (Å²) in [6, 6.07) is 17.3. The Balaban J connectivity index is 1.29. The molecule has 3 fully saturated rings. The zero-order valence-electron chi connectivity index (χ0n) is 23.6. The van der Waals surface area contributed by atoms with Gasteiger partial charge in [-0.05, 0) is 80.5 Å². The van der Waals surface area contributed by atoms with Crippen LogP contribution in [0.4, 0.5) is 11.4 Å². The van der Waals surface area contributed by atoms with E-state index in [1.807, 2.05) is 12.3 Å². The highest BCUT2D eigenvalue weighted by Crippen LogP contribution is 2.43. The van der Waals surface area contributed by atoms with Crippen LogP contribution in [-0.4, -0.2) is 78.7 Å². The van der Waals surface area contributed by atoms with E-state index in [0.717, 1.165) is 88.6 Å². The van der Waals surface area contributed by atoms with Gasteiger partial charge in [-0.3, -0.25) is 9.88 Å². The minimum absolute atomic E-state index is 0.00386. The number of rotatable bonds is 8. The Hall–Kier alpha value is -2.98. The van der Waals surface area contributed by atoms with Crippen molar-refractivity contribution in [2.24, 2.45) is 0 Å². The van der Waals surface area contributed by atoms with Gasteiger partial charge in [0.25, 0.3) is 0 Å². The maximum Gasteiger partial charge on any atom is 0.174 e. The zero-order chi connectivity index (χ0) is 27.5. The smallest absolute Gasteiger partial charge is 0.174 e. The summed E-state index contributed by atoms with van der Waals surface area (Å²) >= 11 is 6.00. The molecule has 9 heteroatoms. The van der Waals surface area contributed by atoms with Crippen LogP contribution < -0.4 is 15.1 Å². The number of thiocarbonyl (C=S) groups is 1. The summed E-state index contributed by atoms with van der Waals surface area (Å²) in [7, 11) is 0. The molecule has 0 bridgehead atoms. The number of hydrogen-bond acceptors (Lipinski definition) is 6. The number of nitrogens with zero attached hydrogens (tertiary/aromatic N) is 5. The molecule has 212 valence electrons. The molecule has 0 saturated carbocycles. The molecular formula is C31H40N6O2S. The molecule has 2 atom stereocenters. The average Bonchev–Trinajstić information content (AvgIpc) is 3.49. The van der Waals surface area contributed by atoms with E-state index in [4.69, 9.17) is 26.7 Å². The molecule has 6 rings (SSSR count). The molecule has 3 saturated heterocycles. The third-order valence-electron chi connectivity index (χ3n) is 8.49. The Bertz CT molecular complexity index is 1290. The predicted molar refractivity (Wildman–Crippen MR) is 163 cm³/mol. The summed E-state index contributed by atoms with van der Waals surface area (Å²) in [5, 5.41) is 4.36. The van der Waals surface area contributed by atoms with Crippen molar-refractivity contribution in [3.05, 3.63) is 77.4 Å². The lowest BCUT2D eigenvalue weighted by Gasteiger charge is -2.31. The molecule has 0 radical (unpaired) electrons. The third kappa shape index (κ3) is 5.61. The first-order valence-corrected chi connectivity index (χ1v) is 14.9. The molecule has 2 aromatic heterocycles. The van der Waals surface area contributed by atoms with Crippen LogP contribution in [0.15, 0.2) is 54.7 Å². The fraction of sp³-hybridized carbons (Fsp3) is 0.484. The number of benzene rings is 1. The number of pyridine rings is 1. The van der Waals surface area contributed by atoms with E-state index < -0.39 is 0 Å². The molecule has 40 heavy (non-hydrogen) atoms. The Morgan fingerprint density at radius 3 is 2.30 bits per heavy atom. The molecule has 0 amide bonds. The molecule has 1 N–H and O–H groups in total. The van der Waals surface area contributed by atoms with E-state index in [1.165, 1.54) is 22.6 Å². The second-order valence-electron chi connectivity index (χ2n) is 10.9. The summed E-state index contributed by atoms with van der Waals surface area (Å²) in [4.78, 5) is 11.9. The fourth-order valence-electron chi connectivity index (χ4n) is 6.34. The number of aryl methyl sites for hydroxylation is 1. The number of hydrogen-bond donors (Lipinski definition) is 1. The van der Waals surface area contributed by atoms with Gasteiger partial charge >= 0.3 is 0 Å². The molecule has 3 aliphatic rings. The van der Waals surface area contributed by atoms with Gasteiger partial charge in [0.15, 0.2) is 5.11 Å². The van der Waals surface area contributed by atoms with Crippen LogP contribution in [0.3, 0.4) is 0 Å². The van der Waals surface area contributed by atoms with Gasteiger partial charge < -0.3 is 29.2 Å². The minimum atomic E-state index is -0.0464. The van der Waals surface area contributed by atoms with Crippen LogP contribution in [-0.2, 0) is 16.0 Å². The largest absolute Gasteiger partial charge is 0.379 e. The second-order valence-corrected chi connectivity index (χ2v) is 11.3.